The van der Waals surface area contributed by atoms with Crippen LogP contribution in [0.2, 0.25) is 0 Å². The number of hydrogen-bond donors (Lipinski definition) is 3. The van der Waals surface area contributed by atoms with E-state index in [9.17, 15) is 15.0 Å². The van der Waals surface area contributed by atoms with Gasteiger partial charge in [-0.15, -0.1) is 0 Å². The van der Waals surface area contributed by atoms with Gasteiger partial charge in [0.05, 0.1) is 29.3 Å². The van der Waals surface area contributed by atoms with Crippen LogP contribution in [0.25, 0.3) is 43.8 Å². The minimum absolute atomic E-state index is 0.0278. The molecule has 1 unspecified atom stereocenters. The molecule has 0 bridgehead atoms. The summed E-state index contributed by atoms with van der Waals surface area (Å²) < 4.78 is 40.7. The highest BCUT2D eigenvalue weighted by molar-refractivity contribution is 6.02. The number of aromatic hydroxyl groups is 1. The maximum absolute atomic E-state index is 17.2. The van der Waals surface area contributed by atoms with Crippen molar-refractivity contribution in [2.45, 2.75) is 102 Å². The van der Waals surface area contributed by atoms with E-state index in [4.69, 9.17) is 14.7 Å². The molecular formula is C55H64F2N10O4. The minimum atomic E-state index is -0.954. The molecule has 71 heavy (non-hydrogen) atoms. The molecule has 372 valence electrons. The van der Waals surface area contributed by atoms with Gasteiger partial charge in [-0.25, -0.2) is 8.78 Å². The Labute approximate surface area is 412 Å². The second kappa shape index (κ2) is 17.7. The van der Waals surface area contributed by atoms with Gasteiger partial charge in [-0.3, -0.25) is 19.4 Å². The Balaban J connectivity index is 0.684. The number of likely N-dealkylation sites (tertiary alicyclic amines) is 1. The minimum Gasteiger partial charge on any atom is -0.508 e. The lowest BCUT2D eigenvalue weighted by molar-refractivity contribution is -0.125. The summed E-state index contributed by atoms with van der Waals surface area (Å²) in [7, 11) is 0. The normalized spacial score (nSPS) is 24.0. The lowest BCUT2D eigenvalue weighted by atomic mass is 9.60. The number of piperidine rings is 3. The zero-order valence-electron chi connectivity index (χ0n) is 40.9. The number of anilines is 2. The number of phenols is 1. The van der Waals surface area contributed by atoms with E-state index in [-0.39, 0.29) is 45.9 Å². The Bertz CT molecular complexity index is 3080. The van der Waals surface area contributed by atoms with Crippen molar-refractivity contribution < 1.29 is 28.5 Å². The van der Waals surface area contributed by atoms with Crippen molar-refractivity contribution in [3.63, 3.8) is 0 Å². The van der Waals surface area contributed by atoms with Crippen LogP contribution in [0.5, 0.6) is 11.8 Å². The molecule has 3 aromatic heterocycles. The number of nitrogens with one attached hydrogen (secondary N) is 1. The molecule has 2 aliphatic carbocycles. The van der Waals surface area contributed by atoms with Gasteiger partial charge in [0.2, 0.25) is 5.91 Å². The number of β-amino-alcohol motifs (C(OH)–C–C–N with tert-alkyl or cyclic N) is 1. The van der Waals surface area contributed by atoms with Crippen molar-refractivity contribution in [2.24, 2.45) is 10.8 Å². The fourth-order valence-electron chi connectivity index (χ4n) is 12.8. The zero-order valence-corrected chi connectivity index (χ0v) is 40.9. The van der Waals surface area contributed by atoms with Crippen LogP contribution in [0.15, 0.2) is 67.1 Å². The molecule has 1 amide bonds. The standard InChI is InChI=1S/C55H64F2N10O4/c1-4-40-43(56)9-7-35-25-39(68)26-41(46(35)40)48-47(57)49-42(30-58-48)50(66-17-5-12-53(3,70)31-66)62-52(61-49)71-33-55(13-14-55)32-63-18-15-54(16-19-63)27-38(28-54)65-22-20-64(21-23-65)37-8-11-44-36(24-37)29-59-67(44)45-10-6-34(2)60-51(45)69/h7-9,11,24-26,29-30,38,45,68,70H,2,4-6,10,12-23,27-28,31-33H2,1,3H3,(H,60,69)/t45?,53-/m1/s1. The Morgan fingerprint density at radius 1 is 0.915 bits per heavy atom. The summed E-state index contributed by atoms with van der Waals surface area (Å²) in [5.74, 6) is -0.773. The molecule has 1 spiro atoms. The lowest BCUT2D eigenvalue weighted by Crippen LogP contribution is -2.59. The maximum Gasteiger partial charge on any atom is 0.319 e. The van der Waals surface area contributed by atoms with Crippen LogP contribution in [0.1, 0.15) is 89.7 Å². The summed E-state index contributed by atoms with van der Waals surface area (Å²) in [6.45, 7) is 16.1. The van der Waals surface area contributed by atoms with E-state index in [0.29, 0.717) is 78.0 Å². The number of aromatic nitrogens is 5. The number of halogens is 2. The summed E-state index contributed by atoms with van der Waals surface area (Å²) in [6, 6.07) is 12.9. The Morgan fingerprint density at radius 2 is 1.72 bits per heavy atom. The van der Waals surface area contributed by atoms with Gasteiger partial charge in [-0.2, -0.15) is 15.1 Å². The molecule has 14 nitrogen and oxygen atoms in total. The van der Waals surface area contributed by atoms with Crippen LogP contribution < -0.4 is 19.9 Å². The fraction of sp³-hybridized carbons (Fsp3) is 0.509. The molecule has 2 atom stereocenters. The van der Waals surface area contributed by atoms with Crippen LogP contribution in [-0.4, -0.2) is 128 Å². The molecule has 2 saturated carbocycles. The summed E-state index contributed by atoms with van der Waals surface area (Å²) in [6.07, 6.45) is 13.7. The Kier molecular flexibility index (Phi) is 11.5. The third-order valence-electron chi connectivity index (χ3n) is 17.0. The number of pyridine rings is 1. The summed E-state index contributed by atoms with van der Waals surface area (Å²) in [4.78, 5) is 36.7. The Morgan fingerprint density at radius 3 is 2.46 bits per heavy atom. The van der Waals surface area contributed by atoms with Crippen molar-refractivity contribution in [1.82, 2.24) is 39.8 Å². The first-order valence-electron chi connectivity index (χ1n) is 25.8. The topological polar surface area (TPSA) is 148 Å². The Hall–Kier alpha value is -5.97. The van der Waals surface area contributed by atoms with E-state index in [0.717, 1.165) is 88.1 Å². The third-order valence-corrected chi connectivity index (χ3v) is 17.0. The second-order valence-corrected chi connectivity index (χ2v) is 22.1. The van der Waals surface area contributed by atoms with E-state index in [1.807, 2.05) is 22.7 Å². The quantitative estimate of drug-likeness (QED) is 0.115. The van der Waals surface area contributed by atoms with E-state index in [1.165, 1.54) is 43.5 Å². The predicted octanol–water partition coefficient (Wildman–Crippen LogP) is 8.28. The number of allylic oxidation sites excluding steroid dienone is 1. The summed E-state index contributed by atoms with van der Waals surface area (Å²) in [5, 5.41) is 31.9. The summed E-state index contributed by atoms with van der Waals surface area (Å²) >= 11 is 0. The molecule has 12 rings (SSSR count). The number of amides is 1. The first-order valence-corrected chi connectivity index (χ1v) is 25.8. The number of rotatable bonds is 11. The highest BCUT2D eigenvalue weighted by Gasteiger charge is 2.50. The number of ether oxygens (including phenoxy) is 1. The van der Waals surface area contributed by atoms with Crippen molar-refractivity contribution in [1.29, 1.82) is 0 Å². The van der Waals surface area contributed by atoms with E-state index >= 15 is 8.78 Å². The number of carbonyl (C=O) groups is 1. The first-order chi connectivity index (χ1) is 34.3. The molecular weight excluding hydrogens is 903 g/mol. The van der Waals surface area contributed by atoms with E-state index in [2.05, 4.69) is 54.9 Å². The highest BCUT2D eigenvalue weighted by atomic mass is 19.1. The van der Waals surface area contributed by atoms with Crippen molar-refractivity contribution >= 4 is 50.0 Å². The number of phenolic OH excluding ortho intramolecular Hbond substituents is 1. The SMILES string of the molecule is C=C1CCC(n2ncc3cc(N4CCN(C5CC6(CCN(CC7(COc8nc(N9CCC[C@@](C)(O)C9)c9cnc(-c%10cc(O)cc%11ccc(F)c(CC)c%10%11)c(F)c9n8)CC7)CC6)C5)CC4)ccc32)C(=O)N1. The fourth-order valence-corrected chi connectivity index (χ4v) is 12.8. The molecule has 6 aliphatic rings. The smallest absolute Gasteiger partial charge is 0.319 e. The van der Waals surface area contributed by atoms with Gasteiger partial charge in [0.25, 0.3) is 0 Å². The number of hydrogen-bond acceptors (Lipinski definition) is 12. The van der Waals surface area contributed by atoms with Crippen LogP contribution in [0.3, 0.4) is 0 Å². The maximum atomic E-state index is 17.2. The van der Waals surface area contributed by atoms with Gasteiger partial charge in [0.1, 0.15) is 34.6 Å². The van der Waals surface area contributed by atoms with Crippen LogP contribution >= 0.6 is 0 Å². The zero-order chi connectivity index (χ0) is 48.8. The molecule has 3 N–H and O–H groups in total. The molecule has 16 heteroatoms. The van der Waals surface area contributed by atoms with Gasteiger partial charge in [-0.05, 0) is 149 Å². The largest absolute Gasteiger partial charge is 0.508 e. The molecule has 3 aromatic carbocycles. The van der Waals surface area contributed by atoms with Crippen LogP contribution in [-0.2, 0) is 11.2 Å². The van der Waals surface area contributed by atoms with E-state index < -0.39 is 17.2 Å². The molecule has 6 fully saturated rings. The molecule has 4 aliphatic heterocycles. The van der Waals surface area contributed by atoms with Gasteiger partial charge in [0.15, 0.2) is 5.82 Å². The molecule has 4 saturated heterocycles. The van der Waals surface area contributed by atoms with Gasteiger partial charge in [0, 0.05) is 85.8 Å². The van der Waals surface area contributed by atoms with Crippen LogP contribution in [0, 0.1) is 22.5 Å². The number of aliphatic hydroxyl groups is 1. The van der Waals surface area contributed by atoms with Gasteiger partial charge >= 0.3 is 6.01 Å². The van der Waals surface area contributed by atoms with Gasteiger partial charge in [-0.1, -0.05) is 19.6 Å². The van der Waals surface area contributed by atoms with Crippen molar-refractivity contribution in [2.75, 3.05) is 75.3 Å². The van der Waals surface area contributed by atoms with Crippen molar-refractivity contribution in [3.8, 4) is 23.0 Å². The number of fused-ring (bicyclic) bond motifs is 3. The summed E-state index contributed by atoms with van der Waals surface area (Å²) in [5.41, 5.74) is 3.09. The first kappa shape index (κ1) is 46.1. The average Bonchev–Trinajstić information content (AvgIpc) is 3.99. The highest BCUT2D eigenvalue weighted by Crippen LogP contribution is 2.53. The number of piperazine rings is 1. The third kappa shape index (κ3) is 8.62. The number of aryl methyl sites for hydroxylation is 1. The molecule has 7 heterocycles. The molecule has 0 radical (unpaired) electrons. The number of benzene rings is 3. The van der Waals surface area contributed by atoms with Crippen LogP contribution in [0.4, 0.5) is 20.3 Å². The number of carbonyl (C=O) groups excluding carboxylic acids is 1. The number of nitrogens with zero attached hydrogens (tertiary/aromatic N) is 9. The van der Waals surface area contributed by atoms with Gasteiger partial charge < -0.3 is 35.0 Å². The lowest BCUT2D eigenvalue weighted by Gasteiger charge is -2.56. The van der Waals surface area contributed by atoms with E-state index in [1.54, 1.807) is 25.3 Å². The monoisotopic (exact) mass is 967 g/mol. The second-order valence-electron chi connectivity index (χ2n) is 22.1. The predicted molar refractivity (Wildman–Crippen MR) is 271 cm³/mol. The average molecular weight is 967 g/mol. The molecule has 6 aromatic rings. The van der Waals surface area contributed by atoms with Crippen molar-refractivity contribution in [3.05, 3.63) is 84.3 Å².